The second kappa shape index (κ2) is 9.82. The van der Waals surface area contributed by atoms with E-state index in [0.29, 0.717) is 18.8 Å². The highest BCUT2D eigenvalue weighted by molar-refractivity contribution is 5.89. The molecule has 0 aromatic heterocycles. The third-order valence-electron chi connectivity index (χ3n) is 4.63. The van der Waals surface area contributed by atoms with Crippen molar-refractivity contribution >= 4 is 16.7 Å². The van der Waals surface area contributed by atoms with Crippen LogP contribution in [-0.4, -0.2) is 31.8 Å². The molecule has 0 saturated carbocycles. The van der Waals surface area contributed by atoms with Gasteiger partial charge in [-0.05, 0) is 49.1 Å². The van der Waals surface area contributed by atoms with Crippen LogP contribution in [-0.2, 0) is 4.79 Å². The average Bonchev–Trinajstić information content (AvgIpc) is 2.76. The smallest absolute Gasteiger partial charge is 0.261 e. The number of hydrogen-bond donors (Lipinski definition) is 1. The summed E-state index contributed by atoms with van der Waals surface area (Å²) in [5.41, 5.74) is 0. The third kappa shape index (κ3) is 5.41. The van der Waals surface area contributed by atoms with E-state index in [4.69, 9.17) is 14.2 Å². The Hall–Kier alpha value is -3.21. The number of fused-ring (bicyclic) bond motifs is 1. The van der Waals surface area contributed by atoms with Gasteiger partial charge < -0.3 is 19.5 Å². The van der Waals surface area contributed by atoms with E-state index in [1.165, 1.54) is 0 Å². The summed E-state index contributed by atoms with van der Waals surface area (Å²) < 4.78 is 16.9. The highest BCUT2D eigenvalue weighted by Crippen LogP contribution is 2.26. The highest BCUT2D eigenvalue weighted by Gasteiger charge is 2.21. The van der Waals surface area contributed by atoms with E-state index in [9.17, 15) is 4.79 Å². The molecule has 0 unspecified atom stereocenters. The van der Waals surface area contributed by atoms with Gasteiger partial charge >= 0.3 is 0 Å². The molecule has 0 aliphatic heterocycles. The molecule has 0 bridgehead atoms. The number of benzene rings is 3. The van der Waals surface area contributed by atoms with Crippen LogP contribution in [0.2, 0.25) is 0 Å². The Kier molecular flexibility index (Phi) is 6.95. The van der Waals surface area contributed by atoms with Gasteiger partial charge in [-0.2, -0.15) is 0 Å². The van der Waals surface area contributed by atoms with E-state index in [-0.39, 0.29) is 11.9 Å². The minimum absolute atomic E-state index is 0.147. The zero-order valence-corrected chi connectivity index (χ0v) is 17.1. The molecule has 0 fully saturated rings. The van der Waals surface area contributed by atoms with E-state index >= 15 is 0 Å². The van der Waals surface area contributed by atoms with Crippen LogP contribution in [0.15, 0.2) is 66.7 Å². The lowest BCUT2D eigenvalue weighted by Crippen LogP contribution is -2.44. The Labute approximate surface area is 171 Å². The molecule has 5 nitrogen and oxygen atoms in total. The van der Waals surface area contributed by atoms with E-state index in [2.05, 4.69) is 5.32 Å². The molecule has 0 saturated heterocycles. The summed E-state index contributed by atoms with van der Waals surface area (Å²) >= 11 is 0. The largest absolute Gasteiger partial charge is 0.497 e. The van der Waals surface area contributed by atoms with E-state index in [1.54, 1.807) is 7.11 Å². The van der Waals surface area contributed by atoms with Gasteiger partial charge in [0.15, 0.2) is 6.10 Å². The molecule has 0 spiro atoms. The van der Waals surface area contributed by atoms with Crippen LogP contribution in [0.1, 0.15) is 20.3 Å². The van der Waals surface area contributed by atoms with Crippen molar-refractivity contribution in [2.24, 2.45) is 0 Å². The fourth-order valence-corrected chi connectivity index (χ4v) is 3.04. The van der Waals surface area contributed by atoms with Crippen molar-refractivity contribution in [1.29, 1.82) is 0 Å². The first-order chi connectivity index (χ1) is 14.1. The number of methoxy groups -OCH3 is 1. The number of rotatable bonds is 9. The summed E-state index contributed by atoms with van der Waals surface area (Å²) in [6.45, 7) is 4.21. The number of hydrogen-bond acceptors (Lipinski definition) is 4. The molecule has 2 atom stereocenters. The summed E-state index contributed by atoms with van der Waals surface area (Å²) in [5.74, 6) is 2.07. The zero-order valence-electron chi connectivity index (χ0n) is 17.1. The van der Waals surface area contributed by atoms with E-state index in [0.717, 1.165) is 22.3 Å². The van der Waals surface area contributed by atoms with Crippen LogP contribution >= 0.6 is 0 Å². The van der Waals surface area contributed by atoms with Gasteiger partial charge in [0.2, 0.25) is 0 Å². The first kappa shape index (κ1) is 20.5. The lowest BCUT2D eigenvalue weighted by molar-refractivity contribution is -0.128. The molecular formula is C24H27NO4. The predicted molar refractivity (Wildman–Crippen MR) is 115 cm³/mol. The number of nitrogens with one attached hydrogen (secondary N) is 1. The number of ether oxygens (including phenoxy) is 3. The molecular weight excluding hydrogens is 366 g/mol. The van der Waals surface area contributed by atoms with Crippen molar-refractivity contribution < 1.29 is 19.0 Å². The van der Waals surface area contributed by atoms with Crippen LogP contribution in [0.5, 0.6) is 17.2 Å². The molecule has 0 aliphatic rings. The molecule has 1 N–H and O–H groups in total. The highest BCUT2D eigenvalue weighted by atomic mass is 16.5. The van der Waals surface area contributed by atoms with Crippen molar-refractivity contribution in [3.63, 3.8) is 0 Å². The van der Waals surface area contributed by atoms with Gasteiger partial charge in [0.05, 0.1) is 13.2 Å². The molecule has 0 aliphatic carbocycles. The first-order valence-electron chi connectivity index (χ1n) is 9.82. The standard InChI is InChI=1S/C24H27NO4/c1-4-22(29-23-11-7-9-18-8-5-6-10-21(18)23)24(26)25-17(2)16-28-20-14-12-19(27-3)13-15-20/h5-15,17,22H,4,16H2,1-3H3,(H,25,26)/t17-,22+/m0/s1. The maximum absolute atomic E-state index is 12.7. The first-order valence-corrected chi connectivity index (χ1v) is 9.82. The van der Waals surface area contributed by atoms with Gasteiger partial charge in [0.25, 0.3) is 5.91 Å². The van der Waals surface area contributed by atoms with Crippen molar-refractivity contribution in [3.05, 3.63) is 66.7 Å². The minimum atomic E-state index is -0.566. The monoisotopic (exact) mass is 393 g/mol. The molecule has 152 valence electrons. The second-order valence-electron chi connectivity index (χ2n) is 6.89. The molecule has 29 heavy (non-hydrogen) atoms. The third-order valence-corrected chi connectivity index (χ3v) is 4.63. The van der Waals surface area contributed by atoms with Gasteiger partial charge in [0.1, 0.15) is 23.9 Å². The van der Waals surface area contributed by atoms with Crippen LogP contribution in [0.25, 0.3) is 10.8 Å². The fraction of sp³-hybridized carbons (Fsp3) is 0.292. The van der Waals surface area contributed by atoms with Crippen molar-refractivity contribution in [2.45, 2.75) is 32.4 Å². The lowest BCUT2D eigenvalue weighted by Gasteiger charge is -2.21. The Morgan fingerprint density at radius 1 is 0.966 bits per heavy atom. The minimum Gasteiger partial charge on any atom is -0.497 e. The molecule has 3 rings (SSSR count). The maximum atomic E-state index is 12.7. The summed E-state index contributed by atoms with van der Waals surface area (Å²) in [7, 11) is 1.62. The quantitative estimate of drug-likeness (QED) is 0.578. The van der Waals surface area contributed by atoms with Crippen LogP contribution < -0.4 is 19.5 Å². The average molecular weight is 393 g/mol. The van der Waals surface area contributed by atoms with Crippen LogP contribution in [0, 0.1) is 0 Å². The Morgan fingerprint density at radius 3 is 2.38 bits per heavy atom. The number of amides is 1. The normalized spacial score (nSPS) is 12.8. The van der Waals surface area contributed by atoms with E-state index in [1.807, 2.05) is 80.6 Å². The van der Waals surface area contributed by atoms with Gasteiger partial charge in [-0.1, -0.05) is 43.3 Å². The number of carbonyl (C=O) groups excluding carboxylic acids is 1. The molecule has 3 aromatic carbocycles. The topological polar surface area (TPSA) is 56.8 Å². The fourth-order valence-electron chi connectivity index (χ4n) is 3.04. The SMILES string of the molecule is CC[C@@H](Oc1cccc2ccccc12)C(=O)N[C@@H](C)COc1ccc(OC)cc1. The second-order valence-corrected chi connectivity index (χ2v) is 6.89. The molecule has 3 aromatic rings. The Balaban J connectivity index is 1.57. The molecule has 1 amide bonds. The van der Waals surface area contributed by atoms with Crippen LogP contribution in [0.3, 0.4) is 0 Å². The van der Waals surface area contributed by atoms with Gasteiger partial charge in [-0.3, -0.25) is 4.79 Å². The predicted octanol–water partition coefficient (Wildman–Crippen LogP) is 4.59. The summed E-state index contributed by atoms with van der Waals surface area (Å²) in [5, 5.41) is 5.06. The van der Waals surface area contributed by atoms with Gasteiger partial charge in [-0.25, -0.2) is 0 Å². The molecule has 0 radical (unpaired) electrons. The van der Waals surface area contributed by atoms with Crippen LogP contribution in [0.4, 0.5) is 0 Å². The Morgan fingerprint density at radius 2 is 1.66 bits per heavy atom. The summed E-state index contributed by atoms with van der Waals surface area (Å²) in [6, 6.07) is 21.0. The maximum Gasteiger partial charge on any atom is 0.261 e. The van der Waals surface area contributed by atoms with Gasteiger partial charge in [0, 0.05) is 5.39 Å². The van der Waals surface area contributed by atoms with Gasteiger partial charge in [-0.15, -0.1) is 0 Å². The molecule has 0 heterocycles. The van der Waals surface area contributed by atoms with Crippen molar-refractivity contribution in [2.75, 3.05) is 13.7 Å². The lowest BCUT2D eigenvalue weighted by atomic mass is 10.1. The number of carbonyl (C=O) groups is 1. The van der Waals surface area contributed by atoms with E-state index < -0.39 is 6.10 Å². The summed E-state index contributed by atoms with van der Waals surface area (Å²) in [4.78, 5) is 12.7. The molecule has 5 heteroatoms. The summed E-state index contributed by atoms with van der Waals surface area (Å²) in [6.07, 6.45) is 0.00503. The van der Waals surface area contributed by atoms with Crippen molar-refractivity contribution in [3.8, 4) is 17.2 Å². The van der Waals surface area contributed by atoms with Crippen molar-refractivity contribution in [1.82, 2.24) is 5.32 Å². The zero-order chi connectivity index (χ0) is 20.6. The Bertz CT molecular complexity index is 934.